The van der Waals surface area contributed by atoms with E-state index >= 15 is 0 Å². The molecule has 0 atom stereocenters. The number of nitrogens with zero attached hydrogens (tertiary/aromatic N) is 2. The zero-order chi connectivity index (χ0) is 22.1. The van der Waals surface area contributed by atoms with Crippen molar-refractivity contribution < 1.29 is 19.1 Å². The lowest BCUT2D eigenvalue weighted by Gasteiger charge is -2.09. The molecule has 1 aromatic carbocycles. The van der Waals surface area contributed by atoms with Crippen LogP contribution in [-0.4, -0.2) is 35.0 Å². The molecule has 0 saturated heterocycles. The van der Waals surface area contributed by atoms with Gasteiger partial charge in [-0.1, -0.05) is 31.5 Å². The number of benzene rings is 1. The van der Waals surface area contributed by atoms with Gasteiger partial charge in [-0.15, -0.1) is 0 Å². The molecule has 0 N–H and O–H groups in total. The van der Waals surface area contributed by atoms with Crippen molar-refractivity contribution in [3.8, 4) is 0 Å². The van der Waals surface area contributed by atoms with Crippen LogP contribution in [0, 0.1) is 6.92 Å². The van der Waals surface area contributed by atoms with E-state index in [1.165, 1.54) is 19.3 Å². The van der Waals surface area contributed by atoms with Gasteiger partial charge in [-0.2, -0.15) is 0 Å². The second kappa shape index (κ2) is 8.18. The van der Waals surface area contributed by atoms with Crippen LogP contribution in [0.3, 0.4) is 0 Å². The summed E-state index contributed by atoms with van der Waals surface area (Å²) in [5.41, 5.74) is 2.60. The molecule has 4 aromatic rings. The Hall–Kier alpha value is -3.74. The van der Waals surface area contributed by atoms with Gasteiger partial charge in [0.15, 0.2) is 0 Å². The molecule has 158 valence electrons. The fraction of sp³-hybridized carbons (Fsp3) is 0.250. The third-order valence-electron chi connectivity index (χ3n) is 5.36. The molecular formula is C24H22N2O5. The van der Waals surface area contributed by atoms with Crippen molar-refractivity contribution in [3.05, 3.63) is 63.6 Å². The summed E-state index contributed by atoms with van der Waals surface area (Å²) >= 11 is 0. The van der Waals surface area contributed by atoms with E-state index in [-0.39, 0.29) is 11.3 Å². The Morgan fingerprint density at radius 2 is 1.97 bits per heavy atom. The first kappa shape index (κ1) is 20.5. The smallest absolute Gasteiger partial charge is 0.356 e. The molecule has 7 nitrogen and oxygen atoms in total. The van der Waals surface area contributed by atoms with Gasteiger partial charge < -0.3 is 9.47 Å². The van der Waals surface area contributed by atoms with Crippen LogP contribution in [0.25, 0.3) is 33.4 Å². The zero-order valence-corrected chi connectivity index (χ0v) is 17.6. The summed E-state index contributed by atoms with van der Waals surface area (Å²) < 4.78 is 11.7. The largest absolute Gasteiger partial charge is 0.464 e. The molecule has 0 radical (unpaired) electrons. The Balaban J connectivity index is 2.01. The molecule has 0 spiro atoms. The van der Waals surface area contributed by atoms with Crippen molar-refractivity contribution in [3.63, 3.8) is 0 Å². The Bertz CT molecular complexity index is 1400. The SMILES string of the molecule is CCCCOC(=O)/C=C/c1c(C)c(=O)n2c3ccccc3c3cc(C(=O)OC)nc1c32. The summed E-state index contributed by atoms with van der Waals surface area (Å²) in [5.74, 6) is -1.07. The number of rotatable bonds is 6. The highest BCUT2D eigenvalue weighted by molar-refractivity contribution is 6.16. The molecule has 0 fully saturated rings. The average Bonchev–Trinajstić information content (AvgIpc) is 3.12. The molecule has 0 aliphatic carbocycles. The first-order chi connectivity index (χ1) is 15.0. The number of fused-ring (bicyclic) bond motifs is 3. The molecule has 3 heterocycles. The second-order valence-corrected chi connectivity index (χ2v) is 7.29. The van der Waals surface area contributed by atoms with Crippen LogP contribution < -0.4 is 5.56 Å². The van der Waals surface area contributed by atoms with Crippen molar-refractivity contribution >= 4 is 45.3 Å². The van der Waals surface area contributed by atoms with E-state index in [2.05, 4.69) is 4.98 Å². The van der Waals surface area contributed by atoms with Crippen LogP contribution in [-0.2, 0) is 14.3 Å². The fourth-order valence-corrected chi connectivity index (χ4v) is 3.78. The molecule has 0 saturated carbocycles. The summed E-state index contributed by atoms with van der Waals surface area (Å²) in [6, 6.07) is 9.12. The van der Waals surface area contributed by atoms with Crippen LogP contribution in [0.1, 0.15) is 41.4 Å². The topological polar surface area (TPSA) is 87.0 Å². The summed E-state index contributed by atoms with van der Waals surface area (Å²) in [6.07, 6.45) is 4.52. The number of pyridine rings is 2. The monoisotopic (exact) mass is 418 g/mol. The van der Waals surface area contributed by atoms with E-state index in [1.54, 1.807) is 17.4 Å². The predicted octanol–water partition coefficient (Wildman–Crippen LogP) is 3.89. The highest BCUT2D eigenvalue weighted by Gasteiger charge is 2.22. The molecule has 31 heavy (non-hydrogen) atoms. The first-order valence-corrected chi connectivity index (χ1v) is 10.1. The third kappa shape index (κ3) is 3.42. The maximum Gasteiger partial charge on any atom is 0.356 e. The van der Waals surface area contributed by atoms with Crippen molar-refractivity contribution in [1.82, 2.24) is 9.38 Å². The van der Waals surface area contributed by atoms with E-state index in [4.69, 9.17) is 9.47 Å². The van der Waals surface area contributed by atoms with Gasteiger partial charge in [0.05, 0.1) is 30.3 Å². The van der Waals surface area contributed by atoms with Crippen LogP contribution in [0.15, 0.2) is 41.2 Å². The van der Waals surface area contributed by atoms with Crippen molar-refractivity contribution in [1.29, 1.82) is 0 Å². The molecule has 0 bridgehead atoms. The van der Waals surface area contributed by atoms with E-state index in [0.29, 0.717) is 28.8 Å². The average molecular weight is 418 g/mol. The summed E-state index contributed by atoms with van der Waals surface area (Å²) in [5, 5.41) is 1.55. The van der Waals surface area contributed by atoms with Crippen LogP contribution >= 0.6 is 0 Å². The second-order valence-electron chi connectivity index (χ2n) is 7.29. The van der Waals surface area contributed by atoms with Gasteiger partial charge in [0.1, 0.15) is 5.69 Å². The number of unbranched alkanes of at least 4 members (excludes halogenated alkanes) is 1. The predicted molar refractivity (Wildman–Crippen MR) is 119 cm³/mol. The maximum atomic E-state index is 13.3. The van der Waals surface area contributed by atoms with E-state index < -0.39 is 11.9 Å². The molecule has 0 aliphatic rings. The Morgan fingerprint density at radius 3 is 2.71 bits per heavy atom. The van der Waals surface area contributed by atoms with Gasteiger partial charge in [-0.3, -0.25) is 9.20 Å². The molecule has 7 heteroatoms. The third-order valence-corrected chi connectivity index (χ3v) is 5.36. The summed E-state index contributed by atoms with van der Waals surface area (Å²) in [6.45, 7) is 4.03. The lowest BCUT2D eigenvalue weighted by molar-refractivity contribution is -0.137. The lowest BCUT2D eigenvalue weighted by Crippen LogP contribution is -2.18. The molecule has 0 aliphatic heterocycles. The Labute approximate surface area is 178 Å². The normalized spacial score (nSPS) is 11.7. The first-order valence-electron chi connectivity index (χ1n) is 10.1. The van der Waals surface area contributed by atoms with E-state index in [9.17, 15) is 14.4 Å². The molecule has 3 aromatic heterocycles. The number of ether oxygens (including phenoxy) is 2. The number of carbonyl (C=O) groups excluding carboxylic acids is 2. The van der Waals surface area contributed by atoms with Gasteiger partial charge in [0, 0.05) is 28.0 Å². The van der Waals surface area contributed by atoms with Crippen molar-refractivity contribution in [2.45, 2.75) is 26.7 Å². The number of para-hydroxylation sites is 1. The number of hydrogen-bond acceptors (Lipinski definition) is 6. The standard InChI is InChI=1S/C24H22N2O5/c1-4-5-12-31-20(27)11-10-15-14(2)23(28)26-19-9-7-6-8-16(19)17-13-18(24(29)30-3)25-21(15)22(17)26/h6-11,13H,4-5,12H2,1-3H3/b11-10+. The van der Waals surface area contributed by atoms with Gasteiger partial charge in [0.25, 0.3) is 5.56 Å². The van der Waals surface area contributed by atoms with Crippen molar-refractivity contribution in [2.75, 3.05) is 13.7 Å². The zero-order valence-electron chi connectivity index (χ0n) is 17.6. The number of carbonyl (C=O) groups is 2. The minimum absolute atomic E-state index is 0.131. The Kier molecular flexibility index (Phi) is 5.42. The van der Waals surface area contributed by atoms with Gasteiger partial charge in [-0.05, 0) is 31.6 Å². The number of hydrogen-bond donors (Lipinski definition) is 0. The number of methoxy groups -OCH3 is 1. The molecule has 0 unspecified atom stereocenters. The van der Waals surface area contributed by atoms with Gasteiger partial charge in [-0.25, -0.2) is 14.6 Å². The van der Waals surface area contributed by atoms with Gasteiger partial charge in [0.2, 0.25) is 0 Å². The minimum atomic E-state index is -0.577. The fourth-order valence-electron chi connectivity index (χ4n) is 3.78. The summed E-state index contributed by atoms with van der Waals surface area (Å²) in [4.78, 5) is 42.1. The van der Waals surface area contributed by atoms with Crippen LogP contribution in [0.4, 0.5) is 0 Å². The van der Waals surface area contributed by atoms with Crippen molar-refractivity contribution in [2.24, 2.45) is 0 Å². The molecule has 0 amide bonds. The van der Waals surface area contributed by atoms with Crippen LogP contribution in [0.2, 0.25) is 0 Å². The summed E-state index contributed by atoms with van der Waals surface area (Å²) in [7, 11) is 1.29. The number of esters is 2. The van der Waals surface area contributed by atoms with E-state index in [1.807, 2.05) is 31.2 Å². The van der Waals surface area contributed by atoms with Gasteiger partial charge >= 0.3 is 11.9 Å². The lowest BCUT2D eigenvalue weighted by atomic mass is 10.1. The molecule has 4 rings (SSSR count). The van der Waals surface area contributed by atoms with Crippen LogP contribution in [0.5, 0.6) is 0 Å². The molecular weight excluding hydrogens is 396 g/mol. The minimum Gasteiger partial charge on any atom is -0.464 e. The highest BCUT2D eigenvalue weighted by atomic mass is 16.5. The maximum absolute atomic E-state index is 13.3. The Morgan fingerprint density at radius 1 is 1.19 bits per heavy atom. The number of aromatic nitrogens is 2. The quantitative estimate of drug-likeness (QED) is 0.268. The van der Waals surface area contributed by atoms with E-state index in [0.717, 1.165) is 29.1 Å². The highest BCUT2D eigenvalue weighted by Crippen LogP contribution is 2.33.